The van der Waals surface area contributed by atoms with Crippen LogP contribution in [0.4, 0.5) is 0 Å². The quantitative estimate of drug-likeness (QED) is 0.134. The van der Waals surface area contributed by atoms with Gasteiger partial charge in [0, 0.05) is 44.3 Å². The number of hydrogen-bond donors (Lipinski definition) is 2. The maximum Gasteiger partial charge on any atom is 0.164 e. The molecule has 1 aliphatic rings. The fourth-order valence-electron chi connectivity index (χ4n) is 9.27. The van der Waals surface area contributed by atoms with Gasteiger partial charge >= 0.3 is 0 Å². The van der Waals surface area contributed by atoms with Gasteiger partial charge in [0.25, 0.3) is 0 Å². The van der Waals surface area contributed by atoms with Gasteiger partial charge in [0.15, 0.2) is 17.5 Å². The topological polar surface area (TPSA) is 87.8 Å². The van der Waals surface area contributed by atoms with Crippen molar-refractivity contribution in [1.29, 1.82) is 5.41 Å². The fraction of sp³-hybridized carbons (Fsp3) is 0. The van der Waals surface area contributed by atoms with Crippen molar-refractivity contribution in [3.63, 3.8) is 0 Å². The molecule has 1 N–H and O–H groups in total. The maximum atomic E-state index is 9.58. The minimum absolute atomic E-state index is 0.300. The number of benzene rings is 9. The van der Waals surface area contributed by atoms with Gasteiger partial charge in [0.05, 0.1) is 16.9 Å². The summed E-state index contributed by atoms with van der Waals surface area (Å²) in [6, 6.07) is 64.6. The van der Waals surface area contributed by atoms with E-state index in [1.807, 2.05) is 54.6 Å². The second-order valence-corrected chi connectivity index (χ2v) is 16.0. The number of aromatic nitrogens is 4. The van der Waals surface area contributed by atoms with Crippen molar-refractivity contribution >= 4 is 89.9 Å². The molecule has 294 valence electrons. The second-order valence-electron chi connectivity index (χ2n) is 15.8. The zero-order chi connectivity index (χ0) is 42.0. The number of fused-ring (bicyclic) bond motifs is 9. The summed E-state index contributed by atoms with van der Waals surface area (Å²) in [5.41, 5.74) is 9.43. The molecule has 0 amide bonds. The predicted octanol–water partition coefficient (Wildman–Crippen LogP) is 13.9. The molecule has 2 aromatic heterocycles. The summed E-state index contributed by atoms with van der Waals surface area (Å²) in [6.07, 6.45) is 2.11. The lowest BCUT2D eigenvalue weighted by atomic mass is 9.82. The van der Waals surface area contributed by atoms with Crippen LogP contribution >= 0.6 is 12.8 Å². The number of nitrogens with one attached hydrogen (secondary N) is 1. The molecule has 7 heteroatoms. The molecule has 0 spiro atoms. The highest BCUT2D eigenvalue weighted by Gasteiger charge is 2.29. The van der Waals surface area contributed by atoms with Crippen LogP contribution in [0.5, 0.6) is 0 Å². The van der Waals surface area contributed by atoms with Crippen molar-refractivity contribution in [1.82, 2.24) is 19.9 Å². The third-order valence-corrected chi connectivity index (χ3v) is 12.4. The van der Waals surface area contributed by atoms with Crippen molar-refractivity contribution < 1.29 is 0 Å². The molecule has 0 radical (unpaired) electrons. The van der Waals surface area contributed by atoms with Gasteiger partial charge in [0.1, 0.15) is 5.71 Å². The summed E-state index contributed by atoms with van der Waals surface area (Å²) in [5.74, 6) is 1.74. The molecule has 0 bridgehead atoms. The highest BCUT2D eigenvalue weighted by Crippen LogP contribution is 2.41. The van der Waals surface area contributed by atoms with Gasteiger partial charge in [-0.2, -0.15) is 0 Å². The van der Waals surface area contributed by atoms with E-state index < -0.39 is 0 Å². The third kappa shape index (κ3) is 6.04. The summed E-state index contributed by atoms with van der Waals surface area (Å²) in [5, 5.41) is 19.5. The van der Waals surface area contributed by atoms with E-state index in [1.54, 1.807) is 0 Å². The number of rotatable bonds is 5. The number of para-hydroxylation sites is 1. The molecule has 2 heterocycles. The molecular formula is C56H34N6S. The Bertz CT molecular complexity index is 3630. The molecule has 1 aliphatic carbocycles. The normalized spacial score (nSPS) is 13.3. The number of hydrogen-bond acceptors (Lipinski definition) is 7. The first-order valence-corrected chi connectivity index (χ1v) is 21.2. The first-order chi connectivity index (χ1) is 31.1. The van der Waals surface area contributed by atoms with Gasteiger partial charge in [-0.15, -0.1) is 0 Å². The summed E-state index contributed by atoms with van der Waals surface area (Å²) in [6.45, 7) is 0. The molecule has 0 saturated carbocycles. The minimum Gasteiger partial charge on any atom is -0.298 e. The Morgan fingerprint density at radius 1 is 0.413 bits per heavy atom. The van der Waals surface area contributed by atoms with Crippen molar-refractivity contribution in [2.75, 3.05) is 0 Å². The van der Waals surface area contributed by atoms with E-state index in [1.165, 1.54) is 10.8 Å². The number of thiol groups is 1. The Hall–Kier alpha value is -8.13. The zero-order valence-electron chi connectivity index (χ0n) is 33.7. The van der Waals surface area contributed by atoms with E-state index >= 15 is 0 Å². The molecule has 0 unspecified atom stereocenters. The van der Waals surface area contributed by atoms with Gasteiger partial charge in [-0.05, 0) is 85.7 Å². The summed E-state index contributed by atoms with van der Waals surface area (Å²) in [7, 11) is 0. The van der Waals surface area contributed by atoms with Crippen molar-refractivity contribution in [2.24, 2.45) is 4.40 Å². The average Bonchev–Trinajstić information content (AvgIpc) is 3.35. The van der Waals surface area contributed by atoms with Crippen LogP contribution in [0.15, 0.2) is 192 Å². The van der Waals surface area contributed by atoms with E-state index in [4.69, 9.17) is 19.9 Å². The molecular weight excluding hydrogens is 789 g/mol. The van der Waals surface area contributed by atoms with Gasteiger partial charge in [0.2, 0.25) is 0 Å². The molecule has 12 rings (SSSR count). The first kappa shape index (κ1) is 36.7. The molecule has 11 aromatic rings. The van der Waals surface area contributed by atoms with Crippen LogP contribution in [0.1, 0.15) is 16.7 Å². The van der Waals surface area contributed by atoms with E-state index in [2.05, 4.69) is 157 Å². The Morgan fingerprint density at radius 2 is 0.889 bits per heavy atom. The van der Waals surface area contributed by atoms with Crippen LogP contribution in [0.3, 0.4) is 0 Å². The summed E-state index contributed by atoms with van der Waals surface area (Å²) in [4.78, 5) is 21.0. The lowest BCUT2D eigenvalue weighted by Crippen LogP contribution is -2.22. The Kier molecular flexibility index (Phi) is 8.62. The molecule has 0 atom stereocenters. The maximum absolute atomic E-state index is 9.58. The highest BCUT2D eigenvalue weighted by atomic mass is 32.1. The summed E-state index contributed by atoms with van der Waals surface area (Å²) >= 11 is 4.44. The van der Waals surface area contributed by atoms with E-state index in [9.17, 15) is 5.41 Å². The van der Waals surface area contributed by atoms with Crippen molar-refractivity contribution in [3.05, 3.63) is 205 Å². The predicted molar refractivity (Wildman–Crippen MR) is 264 cm³/mol. The number of allylic oxidation sites excluding steroid dienone is 1. The molecule has 6 nitrogen and oxygen atoms in total. The van der Waals surface area contributed by atoms with Crippen LogP contribution in [0, 0.1) is 5.41 Å². The Balaban J connectivity index is 1.06. The third-order valence-electron chi connectivity index (χ3n) is 12.2. The van der Waals surface area contributed by atoms with Crippen LogP contribution in [-0.2, 0) is 0 Å². The standard InChI is InChI=1S/C56H34N6S/c57-51-50-44-24-12-13-25-49(44)58-52(34-14-2-1-3-15-34)48(50)32-45(53(51)62-63)33-26-28-35(29-27-33)54-59-55(46-30-36-16-4-6-18-38(36)40-20-8-10-22-42(40)46)61-56(60-54)47-31-37-17-5-7-19-39(37)41-21-9-11-23-43(41)47/h1-32,57,63H. The number of nitrogens with zero attached hydrogens (tertiary/aromatic N) is 5. The molecule has 0 saturated heterocycles. The van der Waals surface area contributed by atoms with Crippen LogP contribution in [0.2, 0.25) is 0 Å². The van der Waals surface area contributed by atoms with Gasteiger partial charge < -0.3 is 0 Å². The van der Waals surface area contributed by atoms with E-state index in [-0.39, 0.29) is 0 Å². The van der Waals surface area contributed by atoms with Crippen LogP contribution < -0.4 is 0 Å². The Morgan fingerprint density at radius 3 is 1.48 bits per heavy atom. The van der Waals surface area contributed by atoms with Gasteiger partial charge in [-0.3, -0.25) is 5.41 Å². The smallest absolute Gasteiger partial charge is 0.164 e. The molecule has 63 heavy (non-hydrogen) atoms. The SMILES string of the molecule is N=C1C(=NS)C(c2ccc(-c3nc(-c4cc5ccccc5c5ccccc45)nc(-c4cc5ccccc5c5ccccc45)n3)cc2)=Cc2c(-c3ccccc3)nc3ccccc3c21. The zero-order valence-corrected chi connectivity index (χ0v) is 34.6. The Labute approximate surface area is 368 Å². The second kappa shape index (κ2) is 14.8. The largest absolute Gasteiger partial charge is 0.298 e. The lowest BCUT2D eigenvalue weighted by Gasteiger charge is -2.23. The van der Waals surface area contributed by atoms with Crippen molar-refractivity contribution in [2.45, 2.75) is 0 Å². The van der Waals surface area contributed by atoms with E-state index in [0.717, 1.165) is 93.4 Å². The average molecular weight is 823 g/mol. The molecule has 0 aliphatic heterocycles. The van der Waals surface area contributed by atoms with Gasteiger partial charge in [-0.25, -0.2) is 24.3 Å². The first-order valence-electron chi connectivity index (χ1n) is 20.8. The number of pyridine rings is 1. The van der Waals surface area contributed by atoms with Crippen molar-refractivity contribution in [3.8, 4) is 45.4 Å². The molecule has 0 fully saturated rings. The van der Waals surface area contributed by atoms with E-state index in [0.29, 0.717) is 28.9 Å². The summed E-state index contributed by atoms with van der Waals surface area (Å²) < 4.78 is 4.42. The lowest BCUT2D eigenvalue weighted by molar-refractivity contribution is 1.08. The van der Waals surface area contributed by atoms with Crippen LogP contribution in [0.25, 0.3) is 111 Å². The van der Waals surface area contributed by atoms with Gasteiger partial charge in [-0.1, -0.05) is 170 Å². The highest BCUT2D eigenvalue weighted by molar-refractivity contribution is 7.79. The molecule has 9 aromatic carbocycles. The monoisotopic (exact) mass is 822 g/mol. The fourth-order valence-corrected chi connectivity index (χ4v) is 9.47. The minimum atomic E-state index is 0.300. The van der Waals surface area contributed by atoms with Crippen LogP contribution in [-0.4, -0.2) is 31.4 Å².